The highest BCUT2D eigenvalue weighted by Crippen LogP contribution is 2.18. The van der Waals surface area contributed by atoms with Gasteiger partial charge in [0.05, 0.1) is 0 Å². The number of carbonyl (C=O) groups excluding carboxylic acids is 1. The average Bonchev–Trinajstić information content (AvgIpc) is 3.17. The van der Waals surface area contributed by atoms with Crippen LogP contribution in [0.2, 0.25) is 0 Å². The van der Waals surface area contributed by atoms with Crippen LogP contribution in [0.3, 0.4) is 0 Å². The van der Waals surface area contributed by atoms with Crippen LogP contribution in [-0.2, 0) is 6.42 Å². The minimum absolute atomic E-state index is 0.191. The minimum Gasteiger partial charge on any atom is -0.368 e. The number of benzene rings is 2. The fourth-order valence-electron chi connectivity index (χ4n) is 3.14. The molecule has 0 aliphatic heterocycles. The molecule has 2 N–H and O–H groups in total. The van der Waals surface area contributed by atoms with E-state index in [0.29, 0.717) is 11.5 Å². The van der Waals surface area contributed by atoms with Gasteiger partial charge in [-0.05, 0) is 42.3 Å². The number of para-hydroxylation sites is 2. The molecule has 0 aliphatic carbocycles. The summed E-state index contributed by atoms with van der Waals surface area (Å²) in [7, 11) is 1.73. The lowest BCUT2D eigenvalue weighted by atomic mass is 10.1. The van der Waals surface area contributed by atoms with E-state index in [2.05, 4.69) is 32.6 Å². The van der Waals surface area contributed by atoms with E-state index in [1.807, 2.05) is 48.7 Å². The Bertz CT molecular complexity index is 1070. The van der Waals surface area contributed by atoms with Crippen molar-refractivity contribution in [2.24, 2.45) is 0 Å². The fraction of sp³-hybridized carbons (Fsp3) is 0.136. The van der Waals surface area contributed by atoms with Crippen molar-refractivity contribution in [3.63, 3.8) is 0 Å². The van der Waals surface area contributed by atoms with Crippen LogP contribution in [0.25, 0.3) is 10.9 Å². The lowest BCUT2D eigenvalue weighted by Gasteiger charge is -2.16. The van der Waals surface area contributed by atoms with Gasteiger partial charge in [-0.1, -0.05) is 36.4 Å². The largest absolute Gasteiger partial charge is 0.368 e. The number of nitrogens with one attached hydrogen (secondary N) is 2. The van der Waals surface area contributed by atoms with Crippen LogP contribution in [0, 0.1) is 0 Å². The van der Waals surface area contributed by atoms with Gasteiger partial charge in [-0.3, -0.25) is 4.79 Å². The first kappa shape index (κ1) is 17.7. The zero-order chi connectivity index (χ0) is 19.3. The molecule has 4 aromatic rings. The van der Waals surface area contributed by atoms with E-state index in [1.165, 1.54) is 10.9 Å². The Morgan fingerprint density at radius 2 is 1.79 bits per heavy atom. The van der Waals surface area contributed by atoms with Gasteiger partial charge in [-0.25, -0.2) is 0 Å². The van der Waals surface area contributed by atoms with Crippen LogP contribution in [0.15, 0.2) is 72.9 Å². The van der Waals surface area contributed by atoms with E-state index in [9.17, 15) is 4.79 Å². The van der Waals surface area contributed by atoms with Gasteiger partial charge in [0.15, 0.2) is 5.69 Å². The Kier molecular flexibility index (Phi) is 5.01. The van der Waals surface area contributed by atoms with Gasteiger partial charge in [-0.2, -0.15) is 0 Å². The van der Waals surface area contributed by atoms with Crippen molar-refractivity contribution >= 4 is 28.3 Å². The van der Waals surface area contributed by atoms with E-state index in [0.717, 1.165) is 24.2 Å². The Balaban J connectivity index is 1.36. The highest BCUT2D eigenvalue weighted by molar-refractivity contribution is 6.04. The molecule has 0 atom stereocenters. The van der Waals surface area contributed by atoms with Gasteiger partial charge >= 0.3 is 0 Å². The topological polar surface area (TPSA) is 73.9 Å². The van der Waals surface area contributed by atoms with Crippen LogP contribution in [0.4, 0.5) is 11.5 Å². The van der Waals surface area contributed by atoms with E-state index in [1.54, 1.807) is 24.1 Å². The first-order valence-corrected chi connectivity index (χ1v) is 9.18. The summed E-state index contributed by atoms with van der Waals surface area (Å²) in [4.78, 5) is 17.4. The number of hydrogen-bond acceptors (Lipinski definition) is 4. The van der Waals surface area contributed by atoms with Gasteiger partial charge in [-0.15, -0.1) is 10.2 Å². The van der Waals surface area contributed by atoms with Crippen molar-refractivity contribution in [1.82, 2.24) is 15.2 Å². The van der Waals surface area contributed by atoms with Crippen molar-refractivity contribution in [2.75, 3.05) is 23.8 Å². The number of aromatic amines is 1. The number of nitrogens with zero attached hydrogens (tertiary/aromatic N) is 3. The molecule has 2 aromatic heterocycles. The summed E-state index contributed by atoms with van der Waals surface area (Å²) in [5, 5.41) is 12.7. The maximum atomic E-state index is 12.5. The summed E-state index contributed by atoms with van der Waals surface area (Å²) in [5.74, 6) is 0.461. The summed E-state index contributed by atoms with van der Waals surface area (Å²) >= 11 is 0. The first-order valence-electron chi connectivity index (χ1n) is 9.18. The van der Waals surface area contributed by atoms with E-state index >= 15 is 0 Å². The molecule has 0 saturated carbocycles. The lowest BCUT2D eigenvalue weighted by molar-refractivity contribution is 0.0987. The number of amides is 1. The Morgan fingerprint density at radius 3 is 2.57 bits per heavy atom. The minimum atomic E-state index is -0.191. The van der Waals surface area contributed by atoms with Crippen molar-refractivity contribution in [3.05, 3.63) is 84.2 Å². The molecular formula is C22H21N5O. The molecular weight excluding hydrogens is 350 g/mol. The van der Waals surface area contributed by atoms with Crippen LogP contribution in [0.1, 0.15) is 16.1 Å². The molecule has 4 rings (SSSR count). The number of H-pyrrole nitrogens is 1. The number of hydrogen-bond donors (Lipinski definition) is 2. The normalized spacial score (nSPS) is 10.8. The third-order valence-corrected chi connectivity index (χ3v) is 4.71. The third kappa shape index (κ3) is 3.71. The molecule has 0 saturated heterocycles. The first-order chi connectivity index (χ1) is 13.7. The molecule has 1 amide bonds. The standard InChI is InChI=1S/C22H21N5O/c1-27(17-7-3-2-4-8-17)22(28)20-11-12-21(26-25-20)23-14-13-16-15-24-19-10-6-5-9-18(16)19/h2-12,15,24H,13-14H2,1H3,(H,23,26). The average molecular weight is 371 g/mol. The van der Waals surface area contributed by atoms with Crippen LogP contribution in [0.5, 0.6) is 0 Å². The molecule has 0 unspecified atom stereocenters. The molecule has 0 aliphatic rings. The number of fused-ring (bicyclic) bond motifs is 1. The van der Waals surface area contributed by atoms with Gasteiger partial charge in [0, 0.05) is 36.4 Å². The second kappa shape index (κ2) is 7.92. The maximum absolute atomic E-state index is 12.5. The zero-order valence-electron chi connectivity index (χ0n) is 15.6. The molecule has 0 spiro atoms. The zero-order valence-corrected chi connectivity index (χ0v) is 15.6. The Labute approximate surface area is 163 Å². The van der Waals surface area contributed by atoms with Gasteiger partial charge in [0.25, 0.3) is 5.91 Å². The van der Waals surface area contributed by atoms with E-state index < -0.39 is 0 Å². The van der Waals surface area contributed by atoms with Crippen LogP contribution < -0.4 is 10.2 Å². The summed E-state index contributed by atoms with van der Waals surface area (Å²) in [5.41, 5.74) is 3.53. The number of anilines is 2. The van der Waals surface area contributed by atoms with E-state index in [-0.39, 0.29) is 5.91 Å². The van der Waals surface area contributed by atoms with Crippen molar-refractivity contribution in [2.45, 2.75) is 6.42 Å². The number of rotatable bonds is 6. The number of carbonyl (C=O) groups is 1. The van der Waals surface area contributed by atoms with Gasteiger partial charge in [0.2, 0.25) is 0 Å². The molecule has 2 aromatic carbocycles. The van der Waals surface area contributed by atoms with Crippen molar-refractivity contribution in [3.8, 4) is 0 Å². The predicted molar refractivity (Wildman–Crippen MR) is 112 cm³/mol. The maximum Gasteiger partial charge on any atom is 0.278 e. The Hall–Kier alpha value is -3.67. The number of aromatic nitrogens is 3. The van der Waals surface area contributed by atoms with Crippen LogP contribution >= 0.6 is 0 Å². The van der Waals surface area contributed by atoms with E-state index in [4.69, 9.17) is 0 Å². The smallest absolute Gasteiger partial charge is 0.278 e. The SMILES string of the molecule is CN(C(=O)c1ccc(NCCc2c[nH]c3ccccc23)nn1)c1ccccc1. The molecule has 0 radical (unpaired) electrons. The Morgan fingerprint density at radius 1 is 1.00 bits per heavy atom. The summed E-state index contributed by atoms with van der Waals surface area (Å²) < 4.78 is 0. The summed E-state index contributed by atoms with van der Waals surface area (Å²) in [6.45, 7) is 0.730. The van der Waals surface area contributed by atoms with Crippen molar-refractivity contribution < 1.29 is 4.79 Å². The predicted octanol–water partition coefficient (Wildman–Crippen LogP) is 3.89. The molecule has 6 heteroatoms. The molecule has 6 nitrogen and oxygen atoms in total. The second-order valence-corrected chi connectivity index (χ2v) is 6.54. The van der Waals surface area contributed by atoms with Gasteiger partial charge in [0.1, 0.15) is 5.82 Å². The van der Waals surface area contributed by atoms with Gasteiger partial charge < -0.3 is 15.2 Å². The molecule has 2 heterocycles. The highest BCUT2D eigenvalue weighted by atomic mass is 16.2. The lowest BCUT2D eigenvalue weighted by Crippen LogP contribution is -2.27. The summed E-state index contributed by atoms with van der Waals surface area (Å²) in [6.07, 6.45) is 2.91. The highest BCUT2D eigenvalue weighted by Gasteiger charge is 2.15. The second-order valence-electron chi connectivity index (χ2n) is 6.54. The molecule has 28 heavy (non-hydrogen) atoms. The molecule has 0 bridgehead atoms. The fourth-order valence-corrected chi connectivity index (χ4v) is 3.14. The third-order valence-electron chi connectivity index (χ3n) is 4.71. The summed E-state index contributed by atoms with van der Waals surface area (Å²) in [6, 6.07) is 21.2. The monoisotopic (exact) mass is 371 g/mol. The molecule has 140 valence electrons. The quantitative estimate of drug-likeness (QED) is 0.539. The van der Waals surface area contributed by atoms with Crippen molar-refractivity contribution in [1.29, 1.82) is 0 Å². The molecule has 0 fully saturated rings. The van der Waals surface area contributed by atoms with Crippen LogP contribution in [-0.4, -0.2) is 34.7 Å².